The molecule has 0 aliphatic heterocycles. The van der Waals surface area contributed by atoms with Crippen LogP contribution in [-0.4, -0.2) is 40.4 Å². The fraction of sp³-hybridized carbons (Fsp3) is 0.333. The van der Waals surface area contributed by atoms with Crippen molar-refractivity contribution in [2.45, 2.75) is 51.5 Å². The average molecular weight is 539 g/mol. The van der Waals surface area contributed by atoms with E-state index in [-0.39, 0.29) is 17.8 Å². The van der Waals surface area contributed by atoms with Crippen LogP contribution in [0.25, 0.3) is 38.6 Å². The zero-order valence-corrected chi connectivity index (χ0v) is 23.4. The number of aromatic nitrogens is 3. The number of hydrogen-bond donors (Lipinski definition) is 2. The van der Waals surface area contributed by atoms with E-state index in [4.69, 9.17) is 4.74 Å². The number of nitrogens with one attached hydrogen (secondary N) is 2. The highest BCUT2D eigenvalue weighted by molar-refractivity contribution is 6.06. The Labute approximate surface area is 233 Å². The summed E-state index contributed by atoms with van der Waals surface area (Å²) in [6, 6.07) is 19.0. The van der Waals surface area contributed by atoms with Crippen molar-refractivity contribution in [3.63, 3.8) is 0 Å². The molecular formula is C33H35FN4O2. The van der Waals surface area contributed by atoms with Crippen LogP contribution in [0.4, 0.5) is 4.39 Å². The summed E-state index contributed by atoms with van der Waals surface area (Å²) in [5, 5.41) is 12.6. The zero-order valence-electron chi connectivity index (χ0n) is 23.4. The smallest absolute Gasteiger partial charge is 0.251 e. The molecule has 0 radical (unpaired) electrons. The van der Waals surface area contributed by atoms with Gasteiger partial charge in [-0.3, -0.25) is 9.89 Å². The van der Waals surface area contributed by atoms with Gasteiger partial charge in [0, 0.05) is 51.8 Å². The highest BCUT2D eigenvalue weighted by atomic mass is 19.1. The number of fused-ring (bicyclic) bond motifs is 2. The summed E-state index contributed by atoms with van der Waals surface area (Å²) in [6.07, 6.45) is 5.10. The molecule has 2 heterocycles. The van der Waals surface area contributed by atoms with Crippen molar-refractivity contribution in [2.75, 3.05) is 13.7 Å². The summed E-state index contributed by atoms with van der Waals surface area (Å²) in [5.74, 6) is 0.414. The lowest BCUT2D eigenvalue weighted by Gasteiger charge is -2.35. The Morgan fingerprint density at radius 2 is 1.85 bits per heavy atom. The first-order chi connectivity index (χ1) is 19.3. The molecule has 3 aromatic carbocycles. The monoisotopic (exact) mass is 538 g/mol. The Bertz CT molecular complexity index is 1680. The number of halogens is 1. The van der Waals surface area contributed by atoms with E-state index in [1.54, 1.807) is 7.11 Å². The summed E-state index contributed by atoms with van der Waals surface area (Å²) < 4.78 is 21.9. The summed E-state index contributed by atoms with van der Waals surface area (Å²) in [7, 11) is 1.71. The number of benzene rings is 3. The van der Waals surface area contributed by atoms with Gasteiger partial charge < -0.3 is 14.6 Å². The number of hydrogen-bond acceptors (Lipinski definition) is 3. The molecule has 1 aliphatic rings. The molecule has 0 atom stereocenters. The summed E-state index contributed by atoms with van der Waals surface area (Å²) >= 11 is 0. The van der Waals surface area contributed by atoms with E-state index in [0.717, 1.165) is 63.1 Å². The number of aromatic amines is 1. The zero-order chi connectivity index (χ0) is 28.0. The average Bonchev–Trinajstić information content (AvgIpc) is 3.52. The second kappa shape index (κ2) is 10.2. The standard InChI is InChI=1S/C33H35FN4O2/c1-5-20-14-25(15-20)36-32(39)22-8-6-21(7-9-22)30-27-17-28-23(18-35-37-28)16-29(27)38(26-12-10-24(34)11-13-26)31(30)33(2,3)19-40-4/h6-13,16-18,20,25H,5,14-15,19H2,1-4H3,(H,35,37)(H,36,39)/t20-,25-. The summed E-state index contributed by atoms with van der Waals surface area (Å²) in [4.78, 5) is 13.0. The molecule has 6 nitrogen and oxygen atoms in total. The summed E-state index contributed by atoms with van der Waals surface area (Å²) in [5.41, 5.74) is 6.13. The molecule has 5 aromatic rings. The molecule has 1 saturated carbocycles. The van der Waals surface area contributed by atoms with E-state index >= 15 is 0 Å². The van der Waals surface area contributed by atoms with Gasteiger partial charge >= 0.3 is 0 Å². The third-order valence-corrected chi connectivity index (χ3v) is 8.34. The third-order valence-electron chi connectivity index (χ3n) is 8.34. The SMILES string of the molecule is CC[C@H]1C[C@H](NC(=O)c2ccc(-c3c(C(C)(C)COC)n(-c4ccc(F)cc4)c4cc5cn[nH]c5cc34)cc2)C1. The maximum atomic E-state index is 14.0. The molecule has 1 fully saturated rings. The van der Waals surface area contributed by atoms with E-state index in [2.05, 4.69) is 53.0 Å². The second-order valence-corrected chi connectivity index (χ2v) is 11.7. The molecule has 1 aliphatic carbocycles. The highest BCUT2D eigenvalue weighted by Gasteiger charge is 2.33. The fourth-order valence-electron chi connectivity index (χ4n) is 6.19. The quantitative estimate of drug-likeness (QED) is 0.220. The first-order valence-corrected chi connectivity index (χ1v) is 14.0. The van der Waals surface area contributed by atoms with Crippen molar-refractivity contribution in [2.24, 2.45) is 5.92 Å². The normalized spacial score (nSPS) is 17.3. The van der Waals surface area contributed by atoms with E-state index in [9.17, 15) is 9.18 Å². The van der Waals surface area contributed by atoms with Crippen LogP contribution >= 0.6 is 0 Å². The van der Waals surface area contributed by atoms with E-state index in [1.807, 2.05) is 42.6 Å². The number of carbonyl (C=O) groups is 1. The minimum Gasteiger partial charge on any atom is -0.384 e. The number of rotatable bonds is 8. The molecule has 206 valence electrons. The molecular weight excluding hydrogens is 503 g/mol. The van der Waals surface area contributed by atoms with Gasteiger partial charge in [0.15, 0.2) is 0 Å². The molecule has 6 rings (SSSR count). The van der Waals surface area contributed by atoms with Gasteiger partial charge in [-0.25, -0.2) is 4.39 Å². The predicted octanol–water partition coefficient (Wildman–Crippen LogP) is 7.16. The van der Waals surface area contributed by atoms with Gasteiger partial charge in [0.2, 0.25) is 0 Å². The van der Waals surface area contributed by atoms with Gasteiger partial charge in [-0.05, 0) is 72.9 Å². The second-order valence-electron chi connectivity index (χ2n) is 11.7. The minimum atomic E-state index is -0.403. The molecule has 2 N–H and O–H groups in total. The lowest BCUT2D eigenvalue weighted by Crippen LogP contribution is -2.44. The van der Waals surface area contributed by atoms with Crippen LogP contribution < -0.4 is 5.32 Å². The van der Waals surface area contributed by atoms with Crippen LogP contribution in [0.3, 0.4) is 0 Å². The van der Waals surface area contributed by atoms with E-state index in [0.29, 0.717) is 12.2 Å². The van der Waals surface area contributed by atoms with Gasteiger partial charge in [0.25, 0.3) is 5.91 Å². The third kappa shape index (κ3) is 4.58. The number of H-pyrrole nitrogens is 1. The Morgan fingerprint density at radius 1 is 1.12 bits per heavy atom. The van der Waals surface area contributed by atoms with Crippen molar-refractivity contribution >= 4 is 27.7 Å². The Morgan fingerprint density at radius 3 is 2.52 bits per heavy atom. The van der Waals surface area contributed by atoms with Gasteiger partial charge in [0.05, 0.1) is 23.8 Å². The van der Waals surface area contributed by atoms with E-state index < -0.39 is 5.41 Å². The minimum absolute atomic E-state index is 0.0288. The van der Waals surface area contributed by atoms with Crippen LogP contribution in [-0.2, 0) is 10.2 Å². The lowest BCUT2D eigenvalue weighted by molar-refractivity contribution is 0.0888. The number of methoxy groups -OCH3 is 1. The van der Waals surface area contributed by atoms with Gasteiger partial charge in [0.1, 0.15) is 5.82 Å². The van der Waals surface area contributed by atoms with Crippen LogP contribution in [0.5, 0.6) is 0 Å². The van der Waals surface area contributed by atoms with Crippen molar-refractivity contribution in [3.8, 4) is 16.8 Å². The Hall–Kier alpha value is -3.97. The summed E-state index contributed by atoms with van der Waals surface area (Å²) in [6.45, 7) is 7.00. The van der Waals surface area contributed by atoms with Gasteiger partial charge in [-0.2, -0.15) is 5.10 Å². The van der Waals surface area contributed by atoms with Crippen LogP contribution in [0, 0.1) is 11.7 Å². The maximum absolute atomic E-state index is 14.0. The first-order valence-electron chi connectivity index (χ1n) is 14.0. The number of amides is 1. The maximum Gasteiger partial charge on any atom is 0.251 e. The topological polar surface area (TPSA) is 71.9 Å². The van der Waals surface area contributed by atoms with Crippen molar-refractivity contribution < 1.29 is 13.9 Å². The van der Waals surface area contributed by atoms with E-state index in [1.165, 1.54) is 18.6 Å². The van der Waals surface area contributed by atoms with Crippen molar-refractivity contribution in [1.82, 2.24) is 20.1 Å². The molecule has 1 amide bonds. The van der Waals surface area contributed by atoms with Crippen LogP contribution in [0.15, 0.2) is 66.9 Å². The predicted molar refractivity (Wildman–Crippen MR) is 157 cm³/mol. The molecule has 0 saturated heterocycles. The molecule has 7 heteroatoms. The van der Waals surface area contributed by atoms with Crippen molar-refractivity contribution in [3.05, 3.63) is 83.9 Å². The van der Waals surface area contributed by atoms with Crippen LogP contribution in [0.2, 0.25) is 0 Å². The number of carbonyl (C=O) groups excluding carboxylic acids is 1. The van der Waals surface area contributed by atoms with Crippen LogP contribution in [0.1, 0.15) is 56.1 Å². The molecule has 0 bridgehead atoms. The largest absolute Gasteiger partial charge is 0.384 e. The number of nitrogens with zero attached hydrogens (tertiary/aromatic N) is 2. The molecule has 0 unspecified atom stereocenters. The fourth-order valence-corrected chi connectivity index (χ4v) is 6.19. The molecule has 2 aromatic heterocycles. The van der Waals surface area contributed by atoms with Gasteiger partial charge in [-0.1, -0.05) is 39.3 Å². The Kier molecular flexibility index (Phi) is 6.70. The van der Waals surface area contributed by atoms with Crippen molar-refractivity contribution in [1.29, 1.82) is 0 Å². The van der Waals surface area contributed by atoms with Gasteiger partial charge in [-0.15, -0.1) is 0 Å². The molecule has 0 spiro atoms. The Balaban J connectivity index is 1.52. The molecule has 40 heavy (non-hydrogen) atoms. The first kappa shape index (κ1) is 26.3. The number of ether oxygens (including phenoxy) is 1. The highest BCUT2D eigenvalue weighted by Crippen LogP contribution is 2.44. The lowest BCUT2D eigenvalue weighted by atomic mass is 9.78.